The molecular formula is C12H19NO3. The highest BCUT2D eigenvalue weighted by molar-refractivity contribution is 5.56. The van der Waals surface area contributed by atoms with Crippen LogP contribution in [0, 0.1) is 0 Å². The molecule has 1 rings (SSSR count). The molecule has 0 aromatic heterocycles. The van der Waals surface area contributed by atoms with Crippen LogP contribution in [0.4, 0.5) is 5.69 Å². The summed E-state index contributed by atoms with van der Waals surface area (Å²) in [5.41, 5.74) is 0.844. The summed E-state index contributed by atoms with van der Waals surface area (Å²) in [6.07, 6.45) is 0.511. The second kappa shape index (κ2) is 7.09. The zero-order valence-electron chi connectivity index (χ0n) is 9.52. The predicted molar refractivity (Wildman–Crippen MR) is 63.8 cm³/mol. The average Bonchev–Trinajstić information content (AvgIpc) is 2.31. The van der Waals surface area contributed by atoms with Gasteiger partial charge in [-0.15, -0.1) is 0 Å². The molecule has 0 amide bonds. The summed E-state index contributed by atoms with van der Waals surface area (Å²) in [6, 6.07) is 7.42. The van der Waals surface area contributed by atoms with Gasteiger partial charge in [-0.3, -0.25) is 0 Å². The Hall–Kier alpha value is -1.26. The van der Waals surface area contributed by atoms with Crippen molar-refractivity contribution in [3.63, 3.8) is 0 Å². The van der Waals surface area contributed by atoms with Crippen LogP contribution in [0.1, 0.15) is 13.3 Å². The number of aliphatic hydroxyl groups is 2. The van der Waals surface area contributed by atoms with Gasteiger partial charge >= 0.3 is 0 Å². The van der Waals surface area contributed by atoms with Crippen LogP contribution in [0.2, 0.25) is 0 Å². The van der Waals surface area contributed by atoms with Crippen molar-refractivity contribution < 1.29 is 14.9 Å². The average molecular weight is 225 g/mol. The van der Waals surface area contributed by atoms with Gasteiger partial charge in [0.05, 0.1) is 24.9 Å². The van der Waals surface area contributed by atoms with Crippen LogP contribution in [-0.4, -0.2) is 36.1 Å². The molecule has 0 saturated heterocycles. The van der Waals surface area contributed by atoms with Crippen LogP contribution in [-0.2, 0) is 0 Å². The lowest BCUT2D eigenvalue weighted by Gasteiger charge is -2.18. The van der Waals surface area contributed by atoms with E-state index in [0.717, 1.165) is 11.4 Å². The lowest BCUT2D eigenvalue weighted by molar-refractivity contribution is 0.228. The van der Waals surface area contributed by atoms with E-state index in [4.69, 9.17) is 14.9 Å². The molecule has 0 fully saturated rings. The highest BCUT2D eigenvalue weighted by Gasteiger charge is 2.09. The molecule has 0 aliphatic rings. The molecule has 0 spiro atoms. The molecule has 0 bridgehead atoms. The number of benzene rings is 1. The van der Waals surface area contributed by atoms with E-state index in [1.54, 1.807) is 0 Å². The Morgan fingerprint density at radius 1 is 1.31 bits per heavy atom. The molecule has 0 radical (unpaired) electrons. The Morgan fingerprint density at radius 3 is 2.69 bits per heavy atom. The summed E-state index contributed by atoms with van der Waals surface area (Å²) in [5.74, 6) is 0.765. The number of anilines is 1. The van der Waals surface area contributed by atoms with Crippen molar-refractivity contribution in [2.75, 3.05) is 25.1 Å². The second-order valence-corrected chi connectivity index (χ2v) is 3.47. The number of aliphatic hydroxyl groups excluding tert-OH is 2. The molecule has 1 unspecified atom stereocenters. The standard InChI is InChI=1S/C12H19NO3/c1-2-16-12-6-4-3-5-11(12)13-10(9-15)7-8-14/h3-6,10,13-15H,2,7-9H2,1H3. The zero-order chi connectivity index (χ0) is 11.8. The second-order valence-electron chi connectivity index (χ2n) is 3.47. The van der Waals surface area contributed by atoms with E-state index in [-0.39, 0.29) is 19.3 Å². The third-order valence-electron chi connectivity index (χ3n) is 2.24. The minimum absolute atomic E-state index is 0.0129. The van der Waals surface area contributed by atoms with Gasteiger partial charge in [-0.2, -0.15) is 0 Å². The molecule has 4 nitrogen and oxygen atoms in total. The third-order valence-corrected chi connectivity index (χ3v) is 2.24. The van der Waals surface area contributed by atoms with Gasteiger partial charge in [0.2, 0.25) is 0 Å². The van der Waals surface area contributed by atoms with Crippen LogP contribution < -0.4 is 10.1 Å². The van der Waals surface area contributed by atoms with Crippen LogP contribution >= 0.6 is 0 Å². The van der Waals surface area contributed by atoms with E-state index in [2.05, 4.69) is 5.32 Å². The highest BCUT2D eigenvalue weighted by Crippen LogP contribution is 2.24. The van der Waals surface area contributed by atoms with Gasteiger partial charge in [0, 0.05) is 6.61 Å². The summed E-state index contributed by atoms with van der Waals surface area (Å²) in [6.45, 7) is 2.56. The number of hydrogen-bond acceptors (Lipinski definition) is 4. The van der Waals surface area contributed by atoms with Crippen molar-refractivity contribution >= 4 is 5.69 Å². The molecule has 1 atom stereocenters. The normalized spacial score (nSPS) is 12.2. The van der Waals surface area contributed by atoms with E-state index >= 15 is 0 Å². The lowest BCUT2D eigenvalue weighted by Crippen LogP contribution is -2.25. The Morgan fingerprint density at radius 2 is 2.06 bits per heavy atom. The first kappa shape index (κ1) is 12.8. The van der Waals surface area contributed by atoms with E-state index in [0.29, 0.717) is 13.0 Å². The van der Waals surface area contributed by atoms with Gasteiger partial charge in [-0.05, 0) is 25.5 Å². The molecule has 16 heavy (non-hydrogen) atoms. The Kier molecular flexibility index (Phi) is 5.67. The Bertz CT molecular complexity index is 304. The first-order chi connectivity index (χ1) is 7.81. The lowest BCUT2D eigenvalue weighted by atomic mass is 10.2. The molecule has 0 heterocycles. The quantitative estimate of drug-likeness (QED) is 0.653. The number of para-hydroxylation sites is 2. The van der Waals surface area contributed by atoms with E-state index in [1.807, 2.05) is 31.2 Å². The Labute approximate surface area is 95.9 Å². The predicted octanol–water partition coefficient (Wildman–Crippen LogP) is 1.24. The van der Waals surface area contributed by atoms with Crippen molar-refractivity contribution in [2.45, 2.75) is 19.4 Å². The summed E-state index contributed by atoms with van der Waals surface area (Å²) in [4.78, 5) is 0. The van der Waals surface area contributed by atoms with Gasteiger partial charge in [-0.25, -0.2) is 0 Å². The van der Waals surface area contributed by atoms with E-state index < -0.39 is 0 Å². The fourth-order valence-corrected chi connectivity index (χ4v) is 1.45. The molecule has 1 aromatic carbocycles. The van der Waals surface area contributed by atoms with E-state index in [9.17, 15) is 0 Å². The maximum atomic E-state index is 9.12. The van der Waals surface area contributed by atoms with Crippen molar-refractivity contribution in [1.29, 1.82) is 0 Å². The fraction of sp³-hybridized carbons (Fsp3) is 0.500. The largest absolute Gasteiger partial charge is 0.492 e. The first-order valence-corrected chi connectivity index (χ1v) is 5.51. The van der Waals surface area contributed by atoms with Gasteiger partial charge in [0.1, 0.15) is 5.75 Å². The number of rotatable bonds is 7. The van der Waals surface area contributed by atoms with Crippen molar-refractivity contribution in [3.05, 3.63) is 24.3 Å². The molecule has 90 valence electrons. The van der Waals surface area contributed by atoms with Gasteiger partial charge in [0.25, 0.3) is 0 Å². The van der Waals surface area contributed by atoms with Gasteiger partial charge in [-0.1, -0.05) is 12.1 Å². The summed E-state index contributed by atoms with van der Waals surface area (Å²) in [5, 5.41) is 21.1. The minimum atomic E-state index is -0.147. The Balaban J connectivity index is 2.70. The van der Waals surface area contributed by atoms with Crippen molar-refractivity contribution in [3.8, 4) is 5.75 Å². The fourth-order valence-electron chi connectivity index (χ4n) is 1.45. The van der Waals surface area contributed by atoms with Crippen LogP contribution in [0.15, 0.2) is 24.3 Å². The molecule has 1 aromatic rings. The molecule has 0 aliphatic carbocycles. The van der Waals surface area contributed by atoms with Crippen LogP contribution in [0.5, 0.6) is 5.75 Å². The third kappa shape index (κ3) is 3.72. The summed E-state index contributed by atoms with van der Waals surface area (Å²) in [7, 11) is 0. The molecule has 0 saturated carbocycles. The zero-order valence-corrected chi connectivity index (χ0v) is 9.52. The van der Waals surface area contributed by atoms with Crippen LogP contribution in [0.25, 0.3) is 0 Å². The van der Waals surface area contributed by atoms with Crippen molar-refractivity contribution in [1.82, 2.24) is 0 Å². The van der Waals surface area contributed by atoms with Crippen molar-refractivity contribution in [2.24, 2.45) is 0 Å². The maximum absolute atomic E-state index is 9.12. The molecule has 0 aliphatic heterocycles. The topological polar surface area (TPSA) is 61.7 Å². The smallest absolute Gasteiger partial charge is 0.142 e. The number of hydrogen-bond donors (Lipinski definition) is 3. The van der Waals surface area contributed by atoms with E-state index in [1.165, 1.54) is 0 Å². The number of ether oxygens (including phenoxy) is 1. The number of nitrogens with one attached hydrogen (secondary N) is 1. The van der Waals surface area contributed by atoms with Gasteiger partial charge in [0.15, 0.2) is 0 Å². The molecular weight excluding hydrogens is 206 g/mol. The highest BCUT2D eigenvalue weighted by atomic mass is 16.5. The summed E-state index contributed by atoms with van der Waals surface area (Å²) >= 11 is 0. The monoisotopic (exact) mass is 225 g/mol. The molecule has 4 heteroatoms. The van der Waals surface area contributed by atoms with Gasteiger partial charge < -0.3 is 20.3 Å². The summed E-state index contributed by atoms with van der Waals surface area (Å²) < 4.78 is 5.45. The minimum Gasteiger partial charge on any atom is -0.492 e. The molecule has 3 N–H and O–H groups in total. The maximum Gasteiger partial charge on any atom is 0.142 e. The van der Waals surface area contributed by atoms with Crippen LogP contribution in [0.3, 0.4) is 0 Å². The first-order valence-electron chi connectivity index (χ1n) is 5.51. The SMILES string of the molecule is CCOc1ccccc1NC(CO)CCO.